The second-order valence-corrected chi connectivity index (χ2v) is 33.7. The fourth-order valence-corrected chi connectivity index (χ4v) is 24.9. The van der Waals surface area contributed by atoms with Gasteiger partial charge in [0.05, 0.1) is 16.1 Å². The van der Waals surface area contributed by atoms with Crippen LogP contribution in [0.2, 0.25) is 39.3 Å². The minimum absolute atomic E-state index is 0.0508. The van der Waals surface area contributed by atoms with Crippen LogP contribution in [0.5, 0.6) is 0 Å². The van der Waals surface area contributed by atoms with Crippen molar-refractivity contribution in [2.45, 2.75) is 123 Å². The van der Waals surface area contributed by atoms with Crippen LogP contribution in [-0.4, -0.2) is 16.1 Å². The molecule has 0 saturated heterocycles. The summed E-state index contributed by atoms with van der Waals surface area (Å²) in [6.07, 6.45) is 0. The zero-order chi connectivity index (χ0) is 47.7. The molecule has 0 aromatic heterocycles. The summed E-state index contributed by atoms with van der Waals surface area (Å²) < 4.78 is -0.0508. The molecule has 9 rings (SSSR count). The molecule has 67 heavy (non-hydrogen) atoms. The van der Waals surface area contributed by atoms with Crippen LogP contribution in [0.4, 0.5) is 34.1 Å². The van der Waals surface area contributed by atoms with Gasteiger partial charge in [0.15, 0.2) is 0 Å². The lowest BCUT2D eigenvalue weighted by Gasteiger charge is -2.52. The second kappa shape index (κ2) is 17.4. The fourth-order valence-electron chi connectivity index (χ4n) is 11.8. The molecule has 2 nitrogen and oxygen atoms in total. The lowest BCUT2D eigenvalue weighted by molar-refractivity contribution is 0.866. The van der Waals surface area contributed by atoms with E-state index in [4.69, 9.17) is 0 Å². The number of benzene rings is 8. The van der Waals surface area contributed by atoms with Gasteiger partial charge in [0.1, 0.15) is 0 Å². The van der Waals surface area contributed by atoms with Crippen LogP contribution in [0.15, 0.2) is 158 Å². The van der Waals surface area contributed by atoms with E-state index >= 15 is 0 Å². The lowest BCUT2D eigenvalue weighted by Crippen LogP contribution is -2.63. The quantitative estimate of drug-likeness (QED) is 0.113. The lowest BCUT2D eigenvalue weighted by atomic mass is 9.97. The number of hydrogen-bond donors (Lipinski definition) is 0. The number of fused-ring (bicyclic) bond motifs is 7. The van der Waals surface area contributed by atoms with Gasteiger partial charge in [0.25, 0.3) is 0 Å². The molecule has 1 aliphatic carbocycles. The number of anilines is 6. The summed E-state index contributed by atoms with van der Waals surface area (Å²) in [6.45, 7) is 34.1. The molecule has 4 heteroatoms. The van der Waals surface area contributed by atoms with E-state index in [-0.39, 0.29) is 4.66 Å². The third-order valence-electron chi connectivity index (χ3n) is 15.1. The van der Waals surface area contributed by atoms with Gasteiger partial charge < -0.3 is 9.80 Å². The first-order chi connectivity index (χ1) is 31.8. The smallest absolute Gasteiger partial charge is 0.0579 e. The van der Waals surface area contributed by atoms with Crippen LogP contribution in [0.25, 0.3) is 32.7 Å². The number of nitrogens with zero attached hydrogens (tertiary/aromatic N) is 2. The summed E-state index contributed by atoms with van der Waals surface area (Å²) in [7, 11) is -4.09. The van der Waals surface area contributed by atoms with Crippen molar-refractivity contribution in [3.63, 3.8) is 0 Å². The van der Waals surface area contributed by atoms with E-state index in [0.29, 0.717) is 23.7 Å². The van der Waals surface area contributed by atoms with Crippen molar-refractivity contribution >= 4 is 71.8 Å². The minimum atomic E-state index is -2.05. The molecule has 0 spiro atoms. The summed E-state index contributed by atoms with van der Waals surface area (Å²) in [5, 5.41) is 5.42. The van der Waals surface area contributed by atoms with E-state index in [9.17, 15) is 0 Å². The molecule has 0 N–H and O–H groups in total. The molecule has 0 fully saturated rings. The highest BCUT2D eigenvalue weighted by atomic mass is 28.4. The summed E-state index contributed by atoms with van der Waals surface area (Å²) in [6, 6.07) is 61.3. The first kappa shape index (κ1) is 46.4. The van der Waals surface area contributed by atoms with E-state index in [1.807, 2.05) is 0 Å². The highest BCUT2D eigenvalue weighted by molar-refractivity contribution is 7.00. The van der Waals surface area contributed by atoms with Crippen LogP contribution < -0.4 is 9.80 Å². The molecule has 8 aromatic rings. The molecule has 342 valence electrons. The Morgan fingerprint density at radius 2 is 0.567 bits per heavy atom. The molecule has 0 aliphatic heterocycles. The van der Waals surface area contributed by atoms with Crippen LogP contribution in [0, 0.1) is 0 Å². The van der Waals surface area contributed by atoms with Gasteiger partial charge in [0.2, 0.25) is 0 Å². The monoisotopic (exact) mass is 913 g/mol. The molecular weight excluding hydrogens is 841 g/mol. The second-order valence-electron chi connectivity index (χ2n) is 22.7. The maximum Gasteiger partial charge on any atom is 0.0579 e. The van der Waals surface area contributed by atoms with E-state index < -0.39 is 16.1 Å². The molecule has 0 heterocycles. The van der Waals surface area contributed by atoms with Crippen molar-refractivity contribution in [3.8, 4) is 11.1 Å². The summed E-state index contributed by atoms with van der Waals surface area (Å²) in [4.78, 5) is 4.90. The predicted octanol–water partition coefficient (Wildman–Crippen LogP) is 19.4. The topological polar surface area (TPSA) is 6.48 Å². The van der Waals surface area contributed by atoms with Crippen molar-refractivity contribution < 1.29 is 0 Å². The first-order valence-electron chi connectivity index (χ1n) is 24.9. The molecule has 0 amide bonds. The number of hydrogen-bond acceptors (Lipinski definition) is 2. The van der Waals surface area contributed by atoms with E-state index in [1.165, 1.54) is 89.0 Å². The van der Waals surface area contributed by atoms with Crippen molar-refractivity contribution in [2.75, 3.05) is 9.80 Å². The standard InChI is InChI=1S/C63H72N2Si2/c1-41(2)45-15-25-51(26-16-45)64(52-27-17-46(18-28-52)42(3)4)55-33-37-57-49(39-55)23-35-59-60-36-24-50-40-56(34-38-58(50)62(60)63(61(57)59,66(9,10)11)67(12,13)14)65(53-29-19-47(20-30-53)43(5)6)54-31-21-48(22-32-54)44(7)8/h15-44H,1-14H3. The van der Waals surface area contributed by atoms with Crippen LogP contribution in [0.1, 0.15) is 112 Å². The summed E-state index contributed by atoms with van der Waals surface area (Å²) >= 11 is 0. The van der Waals surface area contributed by atoms with Gasteiger partial charge in [-0.05, 0) is 163 Å². The van der Waals surface area contributed by atoms with Gasteiger partial charge in [-0.15, -0.1) is 0 Å². The zero-order valence-corrected chi connectivity index (χ0v) is 44.7. The molecule has 0 atom stereocenters. The predicted molar refractivity (Wildman–Crippen MR) is 300 cm³/mol. The normalized spacial score (nSPS) is 13.6. The molecular formula is C63H72N2Si2. The molecule has 0 saturated carbocycles. The van der Waals surface area contributed by atoms with Crippen LogP contribution in [0.3, 0.4) is 0 Å². The van der Waals surface area contributed by atoms with Gasteiger partial charge in [0, 0.05) is 38.8 Å². The van der Waals surface area contributed by atoms with E-state index in [2.05, 4.69) is 262 Å². The first-order valence-corrected chi connectivity index (χ1v) is 31.9. The van der Waals surface area contributed by atoms with Crippen LogP contribution >= 0.6 is 0 Å². The Hall–Kier alpha value is -5.69. The molecule has 0 bridgehead atoms. The summed E-state index contributed by atoms with van der Waals surface area (Å²) in [5.41, 5.74) is 18.5. The Labute approximate surface area is 404 Å². The highest BCUT2D eigenvalue weighted by Gasteiger charge is 2.60. The van der Waals surface area contributed by atoms with E-state index in [1.54, 1.807) is 11.1 Å². The molecule has 0 radical (unpaired) electrons. The van der Waals surface area contributed by atoms with Gasteiger partial charge in [-0.1, -0.05) is 180 Å². The van der Waals surface area contributed by atoms with Crippen molar-refractivity contribution in [1.29, 1.82) is 0 Å². The van der Waals surface area contributed by atoms with Gasteiger partial charge in [-0.3, -0.25) is 0 Å². The third-order valence-corrected chi connectivity index (χ3v) is 25.1. The maximum atomic E-state index is 2.65. The largest absolute Gasteiger partial charge is 0.310 e. The third kappa shape index (κ3) is 7.98. The van der Waals surface area contributed by atoms with Crippen LogP contribution in [-0.2, 0) is 4.66 Å². The zero-order valence-electron chi connectivity index (χ0n) is 42.7. The molecule has 0 unspecified atom stereocenters. The van der Waals surface area contributed by atoms with Gasteiger partial charge in [-0.2, -0.15) is 0 Å². The Morgan fingerprint density at radius 1 is 0.313 bits per heavy atom. The summed E-state index contributed by atoms with van der Waals surface area (Å²) in [5.74, 6) is 1.91. The highest BCUT2D eigenvalue weighted by Crippen LogP contribution is 2.61. The Morgan fingerprint density at radius 3 is 0.806 bits per heavy atom. The Bertz CT molecular complexity index is 2760. The van der Waals surface area contributed by atoms with E-state index in [0.717, 1.165) is 0 Å². The van der Waals surface area contributed by atoms with Crippen molar-refractivity contribution in [3.05, 3.63) is 191 Å². The molecule has 8 aromatic carbocycles. The molecule has 1 aliphatic rings. The van der Waals surface area contributed by atoms with Crippen molar-refractivity contribution in [1.82, 2.24) is 0 Å². The Kier molecular flexibility index (Phi) is 12.1. The average molecular weight is 913 g/mol. The fraction of sp³-hybridized carbons (Fsp3) is 0.302. The van der Waals surface area contributed by atoms with Gasteiger partial charge in [-0.25, -0.2) is 0 Å². The minimum Gasteiger partial charge on any atom is -0.310 e. The maximum absolute atomic E-state index is 2.65. The number of rotatable bonds is 12. The Balaban J connectivity index is 1.23. The van der Waals surface area contributed by atoms with Crippen molar-refractivity contribution in [2.24, 2.45) is 0 Å². The SMILES string of the molecule is CC(C)c1ccc(N(c2ccc(C(C)C)cc2)c2ccc3c4c(ccc3c2)-c2ccc3cc(N(c5ccc(C(C)C)cc5)c5ccc(C(C)C)cc5)ccc3c2C4([Si](C)(C)C)[Si](C)(C)C)cc1. The average Bonchev–Trinajstić information content (AvgIpc) is 3.63. The van der Waals surface area contributed by atoms with Gasteiger partial charge >= 0.3 is 0 Å².